The highest BCUT2D eigenvalue weighted by Crippen LogP contribution is 2.50. The summed E-state index contributed by atoms with van der Waals surface area (Å²) in [4.78, 5) is 0. The van der Waals surface area contributed by atoms with Crippen LogP contribution in [-0.4, -0.2) is 0 Å². The van der Waals surface area contributed by atoms with Crippen LogP contribution < -0.4 is 0 Å². The first kappa shape index (κ1) is 29.8. The van der Waals surface area contributed by atoms with E-state index in [2.05, 4.69) is 0 Å². The molecule has 0 nitrogen and oxygen atoms in total. The zero-order valence-corrected chi connectivity index (χ0v) is 51.5. The molecule has 0 heteroatoms. The molecule has 458 valence electrons. The molecule has 0 aliphatic carbocycles. The van der Waals surface area contributed by atoms with Crippen molar-refractivity contribution in [1.82, 2.24) is 0 Å². The molecular formula is C100H58. The topological polar surface area (TPSA) is 0 Å². The summed E-state index contributed by atoms with van der Waals surface area (Å²) in [6, 6.07) is 7.36. The van der Waals surface area contributed by atoms with Gasteiger partial charge in [0.25, 0.3) is 0 Å². The summed E-state index contributed by atoms with van der Waals surface area (Å²) in [6.07, 6.45) is 0. The maximum atomic E-state index is 10.2. The van der Waals surface area contributed by atoms with Gasteiger partial charge in [0.05, 0.1) is 53.5 Å². The summed E-state index contributed by atoms with van der Waals surface area (Å²) in [6.45, 7) is 0. The fourth-order valence-electron chi connectivity index (χ4n) is 15.0. The molecule has 0 aromatic heterocycles. The van der Waals surface area contributed by atoms with Gasteiger partial charge in [-0.3, -0.25) is 0 Å². The molecule has 23 rings (SSSR count). The van der Waals surface area contributed by atoms with Gasteiger partial charge in [-0.05, 0) is 253 Å². The molecule has 0 saturated carbocycles. The minimum absolute atomic E-state index is 0.0150. The van der Waals surface area contributed by atoms with Crippen LogP contribution in [0.25, 0.3) is 228 Å². The lowest BCUT2D eigenvalue weighted by molar-refractivity contribution is 1.61. The Labute approximate surface area is 631 Å². The Bertz CT molecular complexity index is 9760. The molecule has 100 heavy (non-hydrogen) atoms. The van der Waals surface area contributed by atoms with Crippen molar-refractivity contribution in [2.24, 2.45) is 0 Å². The number of hydrogen-bond donors (Lipinski definition) is 0. The zero-order chi connectivity index (χ0) is 99.2. The van der Waals surface area contributed by atoms with Gasteiger partial charge in [0, 0.05) is 0 Å². The van der Waals surface area contributed by atoms with Crippen molar-refractivity contribution in [3.8, 4) is 66.8 Å². The monoisotopic (exact) mass is 1300 g/mol. The van der Waals surface area contributed by atoms with Gasteiger partial charge in [0.1, 0.15) is 0 Å². The van der Waals surface area contributed by atoms with Crippen molar-refractivity contribution in [3.05, 3.63) is 351 Å². The molecule has 23 aromatic carbocycles. The quantitative estimate of drug-likeness (QED) is 0.146. The van der Waals surface area contributed by atoms with Gasteiger partial charge in [0.2, 0.25) is 0 Å². The van der Waals surface area contributed by atoms with Crippen LogP contribution in [0.5, 0.6) is 0 Å². The van der Waals surface area contributed by atoms with Crippen molar-refractivity contribution >= 4 is 162 Å². The summed E-state index contributed by atoms with van der Waals surface area (Å²) in [5, 5.41) is 4.39. The molecule has 0 N–H and O–H groups in total. The first-order valence-electron chi connectivity index (χ1n) is 51.3. The van der Waals surface area contributed by atoms with E-state index in [0.717, 1.165) is 59.9 Å². The smallest absolute Gasteiger partial charge is 0.0616 e. The molecule has 0 unspecified atom stereocenters. The molecule has 0 radical (unpaired) electrons. The molecule has 0 bridgehead atoms. The number of rotatable bonds is 6. The Balaban J connectivity index is 0.000000162. The van der Waals surface area contributed by atoms with E-state index in [0.29, 0.717) is 21.9 Å². The predicted molar refractivity (Wildman–Crippen MR) is 433 cm³/mol. The van der Waals surface area contributed by atoms with Crippen LogP contribution in [0.1, 0.15) is 53.5 Å². The third-order valence-electron chi connectivity index (χ3n) is 19.4. The first-order valence-corrected chi connectivity index (χ1v) is 31.8. The molecule has 0 spiro atoms. The molecule has 0 aliphatic heterocycles. The Kier molecular flexibility index (Phi) is 6.33. The third kappa shape index (κ3) is 8.11. The second-order valence-electron chi connectivity index (χ2n) is 24.5. The lowest BCUT2D eigenvalue weighted by atomic mass is 9.85. The standard InChI is InChI=1S/C52H30.C48H28/c1-2-12-39-37(7-1)29-38(40-23-19-35-17-15-31-8-5-10-33-21-25-46(40)51(35)49(31)33)30-48(39)45-28-27-43(41-13-3-4-14-42(41)45)44-24-20-36-18-16-32-9-6-11-34-22-26-47(44)52(36)50(32)34;1-2-12-37-35(7-1)27-36(28-44(37)41-24-20-34-18-16-30-9-6-11-32-22-26-43(41)48(34)46(30)32)38-13-3-4-14-39(38)40-23-19-33-17-15-29-8-5-10-31-21-25-42(40)47(33)45(29)31/h1-30H;1-28H/i1D,2D,3D,4D,7D,12D,13D,14D,27D,28D,29D,30D;1D,2D,3D,4D,5D,6D,7D,8D,10D,11D,12D,13D,14D,15D,16D,17D,18D,19D,20D,21D,22D,23D,24D,25D,26D,27D,28D. The summed E-state index contributed by atoms with van der Waals surface area (Å²) in [7, 11) is 0. The average Bonchev–Trinajstić information content (AvgIpc) is 0.680. The van der Waals surface area contributed by atoms with E-state index in [-0.39, 0.29) is 88.2 Å². The van der Waals surface area contributed by atoms with Crippen LogP contribution >= 0.6 is 0 Å². The number of hydrogen-bond acceptors (Lipinski definition) is 0. The van der Waals surface area contributed by atoms with Gasteiger partial charge in [0.15, 0.2) is 0 Å². The Morgan fingerprint density at radius 2 is 0.480 bits per heavy atom. The highest BCUT2D eigenvalue weighted by Gasteiger charge is 2.22. The van der Waals surface area contributed by atoms with E-state index in [4.69, 9.17) is 23.3 Å². The largest absolute Gasteiger partial charge is 0.0636 e. The van der Waals surface area contributed by atoms with Gasteiger partial charge >= 0.3 is 0 Å². The Morgan fingerprint density at radius 1 is 0.140 bits per heavy atom. The van der Waals surface area contributed by atoms with Gasteiger partial charge < -0.3 is 0 Å². The Morgan fingerprint density at radius 3 is 1.05 bits per heavy atom. The summed E-state index contributed by atoms with van der Waals surface area (Å²) >= 11 is 0. The fraction of sp³-hybridized carbons (Fsp3) is 0. The maximum absolute atomic E-state index is 10.2. The van der Waals surface area contributed by atoms with Gasteiger partial charge in [-0.2, -0.15) is 0 Å². The van der Waals surface area contributed by atoms with Crippen LogP contribution in [0, 0.1) is 0 Å². The minimum atomic E-state index is -1.07. The fourth-order valence-corrected chi connectivity index (χ4v) is 15.0. The van der Waals surface area contributed by atoms with Gasteiger partial charge in [-0.15, -0.1) is 0 Å². The van der Waals surface area contributed by atoms with Gasteiger partial charge in [-0.1, -0.05) is 327 Å². The molecule has 23 aromatic rings. The van der Waals surface area contributed by atoms with Gasteiger partial charge in [-0.25, -0.2) is 0 Å². The SMILES string of the molecule is [2H]c1c([2H])c([2H])c2c(-c3c([2H])c([2H])c(-c4ccc5ccc6cccc7ccc4c5c67)c4c([2H])c([2H])c([2H])c([2H])c34)c([2H])c(-c3ccc4ccc5cccc6ccc3c4c56)c([2H])c2c1[2H].[2H]c1cc2c([2H])c([2H])c3c([2H])c([2H])c(-c4c([2H])c(-c5c([2H])c([2H])c([2H])c([2H])c5-c5c([2H])c([2H])c6c([2H])c([2H])c7c([2H])c([2H])c([2H])c8c([2H])c([2H])c5c6c78)c([2H])c5c([2H])c([2H])c([2H])c([2H])c45)c4c([2H])c([2H])c(c1[2H])c2c34. The lowest BCUT2D eigenvalue weighted by Gasteiger charge is -2.19. The number of fused-ring (bicyclic) bond motifs is 3. The van der Waals surface area contributed by atoms with E-state index in [9.17, 15) is 30.2 Å². The molecule has 0 aliphatic rings. The predicted octanol–water partition coefficient (Wildman–Crippen LogP) is 28.4. The van der Waals surface area contributed by atoms with Crippen molar-refractivity contribution < 1.29 is 53.5 Å². The second kappa shape index (κ2) is 21.2. The van der Waals surface area contributed by atoms with Crippen LogP contribution in [0.3, 0.4) is 0 Å². The van der Waals surface area contributed by atoms with E-state index in [1.807, 2.05) is 97.1 Å². The minimum Gasteiger partial charge on any atom is -0.0616 e. The molecular weight excluding hydrogens is 1200 g/mol. The summed E-state index contributed by atoms with van der Waals surface area (Å²) < 4.78 is 360. The zero-order valence-electron chi connectivity index (χ0n) is 90.5. The number of benzene rings is 23. The van der Waals surface area contributed by atoms with E-state index in [1.54, 1.807) is 12.1 Å². The van der Waals surface area contributed by atoms with Crippen molar-refractivity contribution in [2.45, 2.75) is 0 Å². The molecule has 0 fully saturated rings. The van der Waals surface area contributed by atoms with Crippen molar-refractivity contribution in [2.75, 3.05) is 0 Å². The molecule has 0 atom stereocenters. The molecule has 0 heterocycles. The lowest BCUT2D eigenvalue weighted by Crippen LogP contribution is -1.92. The molecule has 0 saturated heterocycles. The normalized spacial score (nSPS) is 17.7. The van der Waals surface area contributed by atoms with E-state index < -0.39 is 300 Å². The van der Waals surface area contributed by atoms with Crippen LogP contribution in [-0.2, 0) is 0 Å². The van der Waals surface area contributed by atoms with Crippen LogP contribution in [0.2, 0.25) is 0 Å². The maximum Gasteiger partial charge on any atom is 0.0636 e. The van der Waals surface area contributed by atoms with E-state index >= 15 is 0 Å². The van der Waals surface area contributed by atoms with Crippen LogP contribution in [0.15, 0.2) is 351 Å². The summed E-state index contributed by atoms with van der Waals surface area (Å²) in [5.41, 5.74) is -4.25. The Hall–Kier alpha value is -13.0. The van der Waals surface area contributed by atoms with Crippen molar-refractivity contribution in [3.63, 3.8) is 0 Å². The third-order valence-corrected chi connectivity index (χ3v) is 19.4. The van der Waals surface area contributed by atoms with E-state index in [1.165, 1.54) is 0 Å². The first-order chi connectivity index (χ1) is 65.9. The second-order valence-corrected chi connectivity index (χ2v) is 24.5. The highest BCUT2D eigenvalue weighted by atomic mass is 14.3. The summed E-state index contributed by atoms with van der Waals surface area (Å²) in [5.74, 6) is 0. The average molecular weight is 1300 g/mol. The van der Waals surface area contributed by atoms with Crippen molar-refractivity contribution in [1.29, 1.82) is 0 Å². The molecule has 0 amide bonds. The highest BCUT2D eigenvalue weighted by molar-refractivity contribution is 6.31. The van der Waals surface area contributed by atoms with Crippen LogP contribution in [0.4, 0.5) is 0 Å².